The first kappa shape index (κ1) is 16.1. The Balaban J connectivity index is 1.95. The molecule has 4 N–H and O–H groups in total. The van der Waals surface area contributed by atoms with Crippen molar-refractivity contribution in [3.05, 3.63) is 23.8 Å². The third-order valence-corrected chi connectivity index (χ3v) is 4.75. The predicted octanol–water partition coefficient (Wildman–Crippen LogP) is 3.08. The molecule has 0 amide bonds. The average molecular weight is 293 g/mol. The van der Waals surface area contributed by atoms with Crippen LogP contribution < -0.4 is 5.32 Å². The standard InChI is InChI=1S/C17H27NO3/c1-12(14-10-13(19)4-5-15(14)20)18-11-17(21)8-6-16(2,3)7-9-17/h4-5,10,12,18-21H,6-9,11H2,1-3H3. The Morgan fingerprint density at radius 2 is 1.76 bits per heavy atom. The summed E-state index contributed by atoms with van der Waals surface area (Å²) in [5.41, 5.74) is 0.298. The van der Waals surface area contributed by atoms with E-state index in [0.29, 0.717) is 17.5 Å². The summed E-state index contributed by atoms with van der Waals surface area (Å²) in [6.45, 7) is 6.91. The van der Waals surface area contributed by atoms with Gasteiger partial charge in [-0.15, -0.1) is 0 Å². The molecule has 1 aliphatic carbocycles. The lowest BCUT2D eigenvalue weighted by atomic mass is 9.71. The van der Waals surface area contributed by atoms with Gasteiger partial charge in [0.25, 0.3) is 0 Å². The number of phenolic OH excluding ortho intramolecular Hbond substituents is 2. The molecule has 0 heterocycles. The smallest absolute Gasteiger partial charge is 0.120 e. The molecule has 0 bridgehead atoms. The molecule has 1 fully saturated rings. The molecule has 118 valence electrons. The lowest BCUT2D eigenvalue weighted by Crippen LogP contribution is -2.45. The zero-order chi connectivity index (χ0) is 15.7. The second-order valence-corrected chi connectivity index (χ2v) is 7.23. The summed E-state index contributed by atoms with van der Waals surface area (Å²) in [5.74, 6) is 0.291. The molecule has 1 atom stereocenters. The molecule has 0 saturated heterocycles. The second-order valence-electron chi connectivity index (χ2n) is 7.23. The summed E-state index contributed by atoms with van der Waals surface area (Å²) in [4.78, 5) is 0. The Hall–Kier alpha value is -1.26. The Kier molecular flexibility index (Phi) is 4.49. The highest BCUT2D eigenvalue weighted by Gasteiger charge is 2.36. The molecule has 1 saturated carbocycles. The highest BCUT2D eigenvalue weighted by Crippen LogP contribution is 2.40. The van der Waals surface area contributed by atoms with Crippen molar-refractivity contribution in [1.29, 1.82) is 0 Å². The van der Waals surface area contributed by atoms with Crippen molar-refractivity contribution >= 4 is 0 Å². The number of nitrogens with one attached hydrogen (secondary N) is 1. The number of benzene rings is 1. The minimum absolute atomic E-state index is 0.129. The highest BCUT2D eigenvalue weighted by atomic mass is 16.3. The molecule has 4 heteroatoms. The van der Waals surface area contributed by atoms with E-state index in [4.69, 9.17) is 0 Å². The Bertz CT molecular complexity index is 489. The van der Waals surface area contributed by atoms with Crippen molar-refractivity contribution in [2.75, 3.05) is 6.54 Å². The first-order valence-electron chi connectivity index (χ1n) is 7.68. The highest BCUT2D eigenvalue weighted by molar-refractivity contribution is 5.40. The lowest BCUT2D eigenvalue weighted by Gasteiger charge is -2.40. The lowest BCUT2D eigenvalue weighted by molar-refractivity contribution is -0.0258. The van der Waals surface area contributed by atoms with E-state index in [1.54, 1.807) is 6.07 Å². The molecule has 0 spiro atoms. The van der Waals surface area contributed by atoms with Gasteiger partial charge in [-0.1, -0.05) is 13.8 Å². The number of hydrogen-bond acceptors (Lipinski definition) is 4. The van der Waals surface area contributed by atoms with Crippen LogP contribution >= 0.6 is 0 Å². The van der Waals surface area contributed by atoms with Gasteiger partial charge < -0.3 is 20.6 Å². The zero-order valence-corrected chi connectivity index (χ0v) is 13.2. The summed E-state index contributed by atoms with van der Waals surface area (Å²) in [6, 6.07) is 4.38. The fourth-order valence-corrected chi connectivity index (χ4v) is 2.91. The maximum atomic E-state index is 10.6. The quantitative estimate of drug-likeness (QED) is 0.644. The molecule has 0 aliphatic heterocycles. The van der Waals surface area contributed by atoms with Gasteiger partial charge in [-0.2, -0.15) is 0 Å². The Morgan fingerprint density at radius 1 is 1.14 bits per heavy atom. The molecule has 1 unspecified atom stereocenters. The van der Waals surface area contributed by atoms with Crippen LogP contribution in [0.3, 0.4) is 0 Å². The summed E-state index contributed by atoms with van der Waals surface area (Å²) >= 11 is 0. The Labute approximate surface area is 126 Å². The van der Waals surface area contributed by atoms with Crippen LogP contribution in [0.1, 0.15) is 58.1 Å². The molecule has 1 aromatic rings. The minimum atomic E-state index is -0.670. The molecular formula is C17H27NO3. The van der Waals surface area contributed by atoms with Crippen LogP contribution in [0, 0.1) is 5.41 Å². The summed E-state index contributed by atoms with van der Waals surface area (Å²) in [5, 5.41) is 33.3. The van der Waals surface area contributed by atoms with E-state index in [2.05, 4.69) is 19.2 Å². The normalized spacial score (nSPS) is 21.9. The molecule has 1 aliphatic rings. The van der Waals surface area contributed by atoms with Crippen LogP contribution in [0.2, 0.25) is 0 Å². The van der Waals surface area contributed by atoms with Gasteiger partial charge in [0.15, 0.2) is 0 Å². The van der Waals surface area contributed by atoms with Gasteiger partial charge in [0, 0.05) is 18.2 Å². The van der Waals surface area contributed by atoms with Gasteiger partial charge >= 0.3 is 0 Å². The fraction of sp³-hybridized carbons (Fsp3) is 0.647. The van der Waals surface area contributed by atoms with E-state index in [-0.39, 0.29) is 17.5 Å². The topological polar surface area (TPSA) is 72.7 Å². The predicted molar refractivity (Wildman–Crippen MR) is 83.4 cm³/mol. The van der Waals surface area contributed by atoms with Crippen LogP contribution in [0.4, 0.5) is 0 Å². The summed E-state index contributed by atoms with van der Waals surface area (Å²) in [7, 11) is 0. The van der Waals surface area contributed by atoms with E-state index in [1.165, 1.54) is 12.1 Å². The van der Waals surface area contributed by atoms with Crippen molar-refractivity contribution in [3.8, 4) is 11.5 Å². The van der Waals surface area contributed by atoms with Crippen molar-refractivity contribution in [1.82, 2.24) is 5.32 Å². The van der Waals surface area contributed by atoms with Gasteiger partial charge in [0.05, 0.1) is 5.60 Å². The third kappa shape index (κ3) is 4.11. The number of aromatic hydroxyl groups is 2. The maximum absolute atomic E-state index is 10.6. The fourth-order valence-electron chi connectivity index (χ4n) is 2.91. The molecule has 4 nitrogen and oxygen atoms in total. The average Bonchev–Trinajstić information content (AvgIpc) is 2.43. The first-order chi connectivity index (χ1) is 9.71. The Morgan fingerprint density at radius 3 is 2.38 bits per heavy atom. The third-order valence-electron chi connectivity index (χ3n) is 4.75. The van der Waals surface area contributed by atoms with Crippen molar-refractivity contribution in [2.24, 2.45) is 5.41 Å². The van der Waals surface area contributed by atoms with Crippen LogP contribution in [-0.2, 0) is 0 Å². The van der Waals surface area contributed by atoms with Crippen LogP contribution in [0.15, 0.2) is 18.2 Å². The van der Waals surface area contributed by atoms with E-state index in [0.717, 1.165) is 25.7 Å². The molecule has 2 rings (SSSR count). The molecule has 0 aromatic heterocycles. The SMILES string of the molecule is CC(NCC1(O)CCC(C)(C)CC1)c1cc(O)ccc1O. The van der Waals surface area contributed by atoms with Gasteiger partial charge in [0.1, 0.15) is 11.5 Å². The van der Waals surface area contributed by atoms with Gasteiger partial charge in [-0.3, -0.25) is 0 Å². The molecule has 0 radical (unpaired) electrons. The van der Waals surface area contributed by atoms with Gasteiger partial charge in [-0.05, 0) is 56.2 Å². The van der Waals surface area contributed by atoms with E-state index < -0.39 is 5.60 Å². The second kappa shape index (κ2) is 5.85. The van der Waals surface area contributed by atoms with Crippen molar-refractivity contribution in [3.63, 3.8) is 0 Å². The van der Waals surface area contributed by atoms with Crippen molar-refractivity contribution in [2.45, 2.75) is 58.1 Å². The maximum Gasteiger partial charge on any atom is 0.120 e. The number of aliphatic hydroxyl groups is 1. The largest absolute Gasteiger partial charge is 0.508 e. The van der Waals surface area contributed by atoms with Crippen molar-refractivity contribution < 1.29 is 15.3 Å². The molecular weight excluding hydrogens is 266 g/mol. The first-order valence-corrected chi connectivity index (χ1v) is 7.68. The summed E-state index contributed by atoms with van der Waals surface area (Å²) < 4.78 is 0. The number of phenols is 2. The van der Waals surface area contributed by atoms with E-state index in [1.807, 2.05) is 6.92 Å². The summed E-state index contributed by atoms with van der Waals surface area (Å²) in [6.07, 6.45) is 3.64. The van der Waals surface area contributed by atoms with E-state index in [9.17, 15) is 15.3 Å². The number of rotatable bonds is 4. The van der Waals surface area contributed by atoms with Crippen LogP contribution in [-0.4, -0.2) is 27.5 Å². The number of hydrogen-bond donors (Lipinski definition) is 4. The zero-order valence-electron chi connectivity index (χ0n) is 13.2. The monoisotopic (exact) mass is 293 g/mol. The minimum Gasteiger partial charge on any atom is -0.508 e. The molecule has 1 aromatic carbocycles. The van der Waals surface area contributed by atoms with Gasteiger partial charge in [0.2, 0.25) is 0 Å². The van der Waals surface area contributed by atoms with Gasteiger partial charge in [-0.25, -0.2) is 0 Å². The van der Waals surface area contributed by atoms with Crippen LogP contribution in [0.5, 0.6) is 11.5 Å². The van der Waals surface area contributed by atoms with E-state index >= 15 is 0 Å². The van der Waals surface area contributed by atoms with Crippen LogP contribution in [0.25, 0.3) is 0 Å². The molecule has 21 heavy (non-hydrogen) atoms.